The molecule has 0 radical (unpaired) electrons. The Hall–Kier alpha value is -4.87. The Bertz CT molecular complexity index is 2100. The van der Waals surface area contributed by atoms with Crippen molar-refractivity contribution in [3.63, 3.8) is 0 Å². The van der Waals surface area contributed by atoms with E-state index in [9.17, 15) is 14.4 Å². The number of hydrogen-bond acceptors (Lipinski definition) is 7. The normalized spacial score (nSPS) is 14.1. The van der Waals surface area contributed by atoms with Crippen LogP contribution in [0.15, 0.2) is 88.1 Å². The fraction of sp³-hybridized carbons (Fsp3) is 0.171. The number of anilines is 2. The number of amides is 1. The summed E-state index contributed by atoms with van der Waals surface area (Å²) in [4.78, 5) is 50.7. The predicted octanol–water partition coefficient (Wildman–Crippen LogP) is 6.83. The molecule has 0 saturated heterocycles. The average Bonchev–Trinajstić information content (AvgIpc) is 3.05. The number of aromatic nitrogens is 3. The maximum absolute atomic E-state index is 15.4. The van der Waals surface area contributed by atoms with E-state index in [-0.39, 0.29) is 48.8 Å². The Kier molecular flexibility index (Phi) is 8.94. The number of fused-ring (bicyclic) bond motifs is 1. The van der Waals surface area contributed by atoms with Crippen molar-refractivity contribution in [2.75, 3.05) is 11.1 Å². The first kappa shape index (κ1) is 32.1. The Labute approximate surface area is 283 Å². The highest BCUT2D eigenvalue weighted by molar-refractivity contribution is 9.10. The van der Waals surface area contributed by atoms with Crippen molar-refractivity contribution >= 4 is 51.0 Å². The summed E-state index contributed by atoms with van der Waals surface area (Å²) in [6, 6.07) is 21.1. The maximum atomic E-state index is 15.4. The van der Waals surface area contributed by atoms with E-state index >= 15 is 4.39 Å². The smallest absolute Gasteiger partial charge is 0.263 e. The molecular formula is C35H29BrClFN6O3. The number of carbonyl (C=O) groups excluding carboxylic acids is 2. The number of rotatable bonds is 7. The number of nitrogens with zero attached hydrogens (tertiary/aromatic N) is 4. The summed E-state index contributed by atoms with van der Waals surface area (Å²) in [5.74, 6) is -0.394. The van der Waals surface area contributed by atoms with Crippen LogP contribution in [0.3, 0.4) is 0 Å². The largest absolute Gasteiger partial charge is 0.384 e. The summed E-state index contributed by atoms with van der Waals surface area (Å²) < 4.78 is 17.4. The van der Waals surface area contributed by atoms with Gasteiger partial charge in [-0.15, -0.1) is 0 Å². The van der Waals surface area contributed by atoms with Crippen LogP contribution < -0.4 is 16.6 Å². The van der Waals surface area contributed by atoms with Crippen LogP contribution in [0.4, 0.5) is 16.2 Å². The molecule has 0 saturated carbocycles. The van der Waals surface area contributed by atoms with Crippen LogP contribution in [0.5, 0.6) is 0 Å². The minimum absolute atomic E-state index is 0.0499. The summed E-state index contributed by atoms with van der Waals surface area (Å²) >= 11 is 9.63. The highest BCUT2D eigenvalue weighted by Crippen LogP contribution is 2.29. The Morgan fingerprint density at radius 1 is 1.04 bits per heavy atom. The van der Waals surface area contributed by atoms with Gasteiger partial charge in [-0.3, -0.25) is 14.4 Å². The van der Waals surface area contributed by atoms with Gasteiger partial charge in [0.25, 0.3) is 11.5 Å². The molecule has 6 rings (SSSR count). The van der Waals surface area contributed by atoms with Crippen LogP contribution in [-0.2, 0) is 19.5 Å². The van der Waals surface area contributed by atoms with Gasteiger partial charge in [-0.1, -0.05) is 29.8 Å². The first-order valence-corrected chi connectivity index (χ1v) is 15.9. The van der Waals surface area contributed by atoms with Crippen molar-refractivity contribution in [2.45, 2.75) is 39.4 Å². The Balaban J connectivity index is 1.42. The molecule has 0 fully saturated rings. The van der Waals surface area contributed by atoms with Crippen molar-refractivity contribution in [1.29, 1.82) is 0 Å². The molecule has 238 valence electrons. The van der Waals surface area contributed by atoms with Gasteiger partial charge in [0.15, 0.2) is 5.78 Å². The molecule has 3 aromatic carbocycles. The maximum Gasteiger partial charge on any atom is 0.263 e. The number of carbonyl (C=O) groups is 2. The highest BCUT2D eigenvalue weighted by atomic mass is 79.9. The van der Waals surface area contributed by atoms with Gasteiger partial charge in [-0.05, 0) is 96.9 Å². The number of hydrogen-bond donors (Lipinski definition) is 2. The number of Topliss-reactive ketones (excluding diaryl/α,β-unsaturated/α-hetero) is 1. The van der Waals surface area contributed by atoms with E-state index in [1.165, 1.54) is 17.6 Å². The first-order valence-electron chi connectivity index (χ1n) is 14.8. The number of benzene rings is 3. The van der Waals surface area contributed by atoms with Crippen molar-refractivity contribution in [3.05, 3.63) is 132 Å². The predicted molar refractivity (Wildman–Crippen MR) is 183 cm³/mol. The number of nitrogens with one attached hydrogen (secondary N) is 1. The van der Waals surface area contributed by atoms with E-state index in [4.69, 9.17) is 22.3 Å². The number of pyridine rings is 1. The summed E-state index contributed by atoms with van der Waals surface area (Å²) in [5.41, 5.74) is 9.17. The highest BCUT2D eigenvalue weighted by Gasteiger charge is 2.32. The zero-order valence-electron chi connectivity index (χ0n) is 25.4. The fourth-order valence-corrected chi connectivity index (χ4v) is 6.10. The van der Waals surface area contributed by atoms with Crippen LogP contribution in [0.1, 0.15) is 51.4 Å². The molecule has 0 bridgehead atoms. The molecule has 2 aromatic heterocycles. The molecule has 1 amide bonds. The SMILES string of the molecule is CC(=O)c1ccc(-n2c(NCc3c(F)cccc3-c3cccc(N)n3)nc3c(c2=O)CC(C)N(C(=O)c2ccc(Br)c(Cl)c2)C3)cc1. The second-order valence-electron chi connectivity index (χ2n) is 11.3. The molecule has 1 atom stereocenters. The van der Waals surface area contributed by atoms with Crippen molar-refractivity contribution < 1.29 is 14.0 Å². The van der Waals surface area contributed by atoms with E-state index in [0.29, 0.717) is 60.2 Å². The molecule has 1 aliphatic rings. The van der Waals surface area contributed by atoms with Gasteiger partial charge in [-0.2, -0.15) is 0 Å². The Morgan fingerprint density at radius 2 is 1.77 bits per heavy atom. The van der Waals surface area contributed by atoms with Gasteiger partial charge in [0, 0.05) is 44.9 Å². The zero-order chi connectivity index (χ0) is 33.4. The van der Waals surface area contributed by atoms with E-state index in [1.54, 1.807) is 77.7 Å². The lowest BCUT2D eigenvalue weighted by molar-refractivity contribution is 0.0653. The first-order chi connectivity index (χ1) is 22.5. The zero-order valence-corrected chi connectivity index (χ0v) is 27.8. The average molecular weight is 716 g/mol. The van der Waals surface area contributed by atoms with Crippen LogP contribution in [0.25, 0.3) is 16.9 Å². The number of nitrogens with two attached hydrogens (primary N) is 1. The standard InChI is InChI=1S/C35H29BrClFN6O3/c1-19-15-25-31(18-43(19)33(46)22-11-14-27(36)28(37)16-22)42-35(44(34(25)47)23-12-9-21(10-13-23)20(2)45)40-17-26-24(5-3-6-29(26)38)30-7-4-8-32(39)41-30/h3-14,16,19H,15,17-18H2,1-2H3,(H2,39,41)(H,40,42). The van der Waals surface area contributed by atoms with Crippen LogP contribution in [0, 0.1) is 5.82 Å². The molecule has 0 aliphatic carbocycles. The summed E-state index contributed by atoms with van der Waals surface area (Å²) in [6.07, 6.45) is 0.265. The van der Waals surface area contributed by atoms with Gasteiger partial charge in [-0.25, -0.2) is 18.9 Å². The molecule has 0 spiro atoms. The van der Waals surface area contributed by atoms with E-state index in [0.717, 1.165) is 0 Å². The third-order valence-corrected chi connectivity index (χ3v) is 9.39. The quantitative estimate of drug-likeness (QED) is 0.177. The van der Waals surface area contributed by atoms with Gasteiger partial charge in [0.2, 0.25) is 5.95 Å². The monoisotopic (exact) mass is 714 g/mol. The van der Waals surface area contributed by atoms with E-state index < -0.39 is 5.82 Å². The van der Waals surface area contributed by atoms with Gasteiger partial charge >= 0.3 is 0 Å². The lowest BCUT2D eigenvalue weighted by Crippen LogP contribution is -2.46. The van der Waals surface area contributed by atoms with Crippen molar-refractivity contribution in [2.24, 2.45) is 0 Å². The van der Waals surface area contributed by atoms with Crippen LogP contribution >= 0.6 is 27.5 Å². The van der Waals surface area contributed by atoms with E-state index in [2.05, 4.69) is 26.2 Å². The second-order valence-corrected chi connectivity index (χ2v) is 12.5. The molecule has 1 aliphatic heterocycles. The summed E-state index contributed by atoms with van der Waals surface area (Å²) in [6.45, 7) is 3.37. The third-order valence-electron chi connectivity index (χ3n) is 8.16. The van der Waals surface area contributed by atoms with Gasteiger partial charge in [0.05, 0.1) is 28.6 Å². The van der Waals surface area contributed by atoms with Crippen LogP contribution in [0.2, 0.25) is 5.02 Å². The van der Waals surface area contributed by atoms with Crippen LogP contribution in [-0.4, -0.2) is 37.2 Å². The molecule has 9 nitrogen and oxygen atoms in total. The molecule has 3 heterocycles. The van der Waals surface area contributed by atoms with Gasteiger partial charge in [0.1, 0.15) is 11.6 Å². The minimum Gasteiger partial charge on any atom is -0.384 e. The number of halogens is 3. The molecule has 47 heavy (non-hydrogen) atoms. The fourth-order valence-electron chi connectivity index (χ4n) is 5.68. The van der Waals surface area contributed by atoms with Crippen molar-refractivity contribution in [3.8, 4) is 16.9 Å². The van der Waals surface area contributed by atoms with E-state index in [1.807, 2.05) is 6.92 Å². The summed E-state index contributed by atoms with van der Waals surface area (Å²) in [5, 5.41) is 3.59. The topological polar surface area (TPSA) is 123 Å². The molecule has 3 N–H and O–H groups in total. The Morgan fingerprint density at radius 3 is 2.47 bits per heavy atom. The van der Waals surface area contributed by atoms with Gasteiger partial charge < -0.3 is 16.0 Å². The molecule has 5 aromatic rings. The number of nitrogen functional groups attached to an aromatic ring is 1. The number of ketones is 1. The molecule has 1 unspecified atom stereocenters. The molecular weight excluding hydrogens is 687 g/mol. The van der Waals surface area contributed by atoms with Crippen molar-refractivity contribution in [1.82, 2.24) is 19.4 Å². The lowest BCUT2D eigenvalue weighted by Gasteiger charge is -2.34. The molecule has 12 heteroatoms. The summed E-state index contributed by atoms with van der Waals surface area (Å²) in [7, 11) is 0. The minimum atomic E-state index is -0.476. The lowest BCUT2D eigenvalue weighted by atomic mass is 9.98. The second kappa shape index (κ2) is 13.1. The third kappa shape index (κ3) is 6.41.